The zero-order chi connectivity index (χ0) is 12.3. The van der Waals surface area contributed by atoms with Crippen molar-refractivity contribution in [3.05, 3.63) is 0 Å². The highest BCUT2D eigenvalue weighted by Gasteiger charge is 2.27. The number of likely N-dealkylation sites (tertiary alicyclic amines) is 1. The molecule has 1 aliphatic heterocycles. The van der Waals surface area contributed by atoms with Gasteiger partial charge in [-0.1, -0.05) is 12.8 Å². The van der Waals surface area contributed by atoms with Gasteiger partial charge in [0.05, 0.1) is 0 Å². The quantitative estimate of drug-likeness (QED) is 0.817. The van der Waals surface area contributed by atoms with Crippen molar-refractivity contribution < 1.29 is 4.79 Å². The minimum absolute atomic E-state index is 0.318. The Labute approximate surface area is 105 Å². The van der Waals surface area contributed by atoms with Gasteiger partial charge in [0, 0.05) is 31.1 Å². The van der Waals surface area contributed by atoms with E-state index in [9.17, 15) is 4.79 Å². The molecule has 0 aromatic carbocycles. The third-order valence-electron chi connectivity index (χ3n) is 4.33. The van der Waals surface area contributed by atoms with Crippen molar-refractivity contribution in [3.63, 3.8) is 0 Å². The molecule has 3 heteroatoms. The van der Waals surface area contributed by atoms with Crippen LogP contribution in [-0.2, 0) is 4.79 Å². The maximum absolute atomic E-state index is 12.0. The lowest BCUT2D eigenvalue weighted by Gasteiger charge is -2.35. The molecule has 0 bridgehead atoms. The summed E-state index contributed by atoms with van der Waals surface area (Å²) in [6.07, 6.45) is 6.94. The zero-order valence-corrected chi connectivity index (χ0v) is 11.2. The first-order valence-corrected chi connectivity index (χ1v) is 7.21. The monoisotopic (exact) mass is 238 g/mol. The van der Waals surface area contributed by atoms with E-state index in [2.05, 4.69) is 24.1 Å². The molecule has 98 valence electrons. The molecular weight excluding hydrogens is 212 g/mol. The molecule has 1 saturated carbocycles. The Morgan fingerprint density at radius 1 is 1.12 bits per heavy atom. The van der Waals surface area contributed by atoms with Gasteiger partial charge in [0.1, 0.15) is 0 Å². The Balaban J connectivity index is 1.72. The highest BCUT2D eigenvalue weighted by molar-refractivity contribution is 5.79. The fourth-order valence-corrected chi connectivity index (χ4v) is 3.07. The van der Waals surface area contributed by atoms with Crippen LogP contribution < -0.4 is 5.32 Å². The lowest BCUT2D eigenvalue weighted by Crippen LogP contribution is -2.47. The van der Waals surface area contributed by atoms with Crippen molar-refractivity contribution >= 4 is 5.91 Å². The zero-order valence-electron chi connectivity index (χ0n) is 11.2. The number of carbonyl (C=O) groups excluding carboxylic acids is 1. The predicted molar refractivity (Wildman–Crippen MR) is 69.8 cm³/mol. The molecule has 1 N–H and O–H groups in total. The van der Waals surface area contributed by atoms with E-state index < -0.39 is 0 Å². The number of hydrogen-bond donors (Lipinski definition) is 1. The number of nitrogens with one attached hydrogen (secondary N) is 1. The summed E-state index contributed by atoms with van der Waals surface area (Å²) >= 11 is 0. The molecule has 2 aliphatic rings. The van der Waals surface area contributed by atoms with E-state index in [1.54, 1.807) is 0 Å². The van der Waals surface area contributed by atoms with Crippen LogP contribution in [0.2, 0.25) is 0 Å². The molecule has 1 saturated heterocycles. The van der Waals surface area contributed by atoms with Crippen LogP contribution in [0.15, 0.2) is 0 Å². The number of nitrogens with zero attached hydrogens (tertiary/aromatic N) is 1. The SMILES string of the molecule is CC(C)N1CCC(NC(=O)C2CCCC2)CC1. The van der Waals surface area contributed by atoms with Gasteiger partial charge in [-0.05, 0) is 39.5 Å². The molecule has 1 aliphatic carbocycles. The fourth-order valence-electron chi connectivity index (χ4n) is 3.07. The Morgan fingerprint density at radius 3 is 2.24 bits per heavy atom. The van der Waals surface area contributed by atoms with Crippen molar-refractivity contribution in [2.24, 2.45) is 5.92 Å². The molecule has 17 heavy (non-hydrogen) atoms. The Kier molecular flexibility index (Phi) is 4.43. The Bertz CT molecular complexity index is 251. The molecule has 0 aromatic heterocycles. The van der Waals surface area contributed by atoms with E-state index >= 15 is 0 Å². The summed E-state index contributed by atoms with van der Waals surface area (Å²) in [6, 6.07) is 1.07. The number of rotatable bonds is 3. The summed E-state index contributed by atoms with van der Waals surface area (Å²) < 4.78 is 0. The number of amides is 1. The molecule has 1 amide bonds. The van der Waals surface area contributed by atoms with Gasteiger partial charge in [-0.3, -0.25) is 4.79 Å². The van der Waals surface area contributed by atoms with Crippen molar-refractivity contribution in [2.45, 2.75) is 64.5 Å². The van der Waals surface area contributed by atoms with Gasteiger partial charge in [-0.2, -0.15) is 0 Å². The van der Waals surface area contributed by atoms with E-state index in [0.29, 0.717) is 23.9 Å². The fraction of sp³-hybridized carbons (Fsp3) is 0.929. The number of piperidine rings is 1. The largest absolute Gasteiger partial charge is 0.353 e. The second-order valence-corrected chi connectivity index (χ2v) is 5.89. The highest BCUT2D eigenvalue weighted by Crippen LogP contribution is 2.25. The van der Waals surface area contributed by atoms with Crippen LogP contribution in [0, 0.1) is 5.92 Å². The highest BCUT2D eigenvalue weighted by atomic mass is 16.1. The number of carbonyl (C=O) groups is 1. The first-order chi connectivity index (χ1) is 8.16. The van der Waals surface area contributed by atoms with Gasteiger partial charge >= 0.3 is 0 Å². The normalized spacial score (nSPS) is 24.4. The lowest BCUT2D eigenvalue weighted by atomic mass is 10.0. The molecule has 2 fully saturated rings. The average Bonchev–Trinajstić information content (AvgIpc) is 2.83. The summed E-state index contributed by atoms with van der Waals surface area (Å²) in [6.45, 7) is 6.76. The lowest BCUT2D eigenvalue weighted by molar-refractivity contribution is -0.125. The third kappa shape index (κ3) is 3.44. The first-order valence-electron chi connectivity index (χ1n) is 7.21. The van der Waals surface area contributed by atoms with Crippen LogP contribution in [0.25, 0.3) is 0 Å². The summed E-state index contributed by atoms with van der Waals surface area (Å²) in [5, 5.41) is 3.25. The summed E-state index contributed by atoms with van der Waals surface area (Å²) in [5.74, 6) is 0.642. The van der Waals surface area contributed by atoms with Crippen molar-refractivity contribution in [1.29, 1.82) is 0 Å². The van der Waals surface area contributed by atoms with Crippen molar-refractivity contribution in [2.75, 3.05) is 13.1 Å². The smallest absolute Gasteiger partial charge is 0.223 e. The molecule has 0 spiro atoms. The van der Waals surface area contributed by atoms with E-state index in [1.807, 2.05) is 0 Å². The van der Waals surface area contributed by atoms with Crippen molar-refractivity contribution in [1.82, 2.24) is 10.2 Å². The maximum Gasteiger partial charge on any atom is 0.223 e. The van der Waals surface area contributed by atoms with E-state index in [1.165, 1.54) is 12.8 Å². The molecule has 0 atom stereocenters. The minimum Gasteiger partial charge on any atom is -0.353 e. The molecule has 0 radical (unpaired) electrons. The number of hydrogen-bond acceptors (Lipinski definition) is 2. The minimum atomic E-state index is 0.318. The maximum atomic E-state index is 12.0. The van der Waals surface area contributed by atoms with Gasteiger partial charge in [-0.15, -0.1) is 0 Å². The van der Waals surface area contributed by atoms with E-state index in [-0.39, 0.29) is 0 Å². The summed E-state index contributed by atoms with van der Waals surface area (Å²) in [7, 11) is 0. The van der Waals surface area contributed by atoms with E-state index in [0.717, 1.165) is 38.8 Å². The van der Waals surface area contributed by atoms with Crippen LogP contribution in [0.1, 0.15) is 52.4 Å². The van der Waals surface area contributed by atoms with Gasteiger partial charge in [0.15, 0.2) is 0 Å². The van der Waals surface area contributed by atoms with Gasteiger partial charge in [0.25, 0.3) is 0 Å². The van der Waals surface area contributed by atoms with Gasteiger partial charge in [0.2, 0.25) is 5.91 Å². The second kappa shape index (κ2) is 5.85. The van der Waals surface area contributed by atoms with Crippen LogP contribution in [0.5, 0.6) is 0 Å². The predicted octanol–water partition coefficient (Wildman–Crippen LogP) is 2.17. The Morgan fingerprint density at radius 2 is 1.71 bits per heavy atom. The standard InChI is InChI=1S/C14H26N2O/c1-11(2)16-9-7-13(8-10-16)15-14(17)12-5-3-4-6-12/h11-13H,3-10H2,1-2H3,(H,15,17). The van der Waals surface area contributed by atoms with Gasteiger partial charge in [-0.25, -0.2) is 0 Å². The summed E-state index contributed by atoms with van der Waals surface area (Å²) in [5.41, 5.74) is 0. The van der Waals surface area contributed by atoms with Crippen LogP contribution in [0.3, 0.4) is 0 Å². The Hall–Kier alpha value is -0.570. The molecule has 0 aromatic rings. The van der Waals surface area contributed by atoms with Crippen LogP contribution in [0.4, 0.5) is 0 Å². The molecule has 1 heterocycles. The summed E-state index contributed by atoms with van der Waals surface area (Å²) in [4.78, 5) is 14.5. The molecule has 3 nitrogen and oxygen atoms in total. The first kappa shape index (κ1) is 12.9. The topological polar surface area (TPSA) is 32.3 Å². The van der Waals surface area contributed by atoms with Gasteiger partial charge < -0.3 is 10.2 Å². The molecular formula is C14H26N2O. The molecule has 2 rings (SSSR count). The van der Waals surface area contributed by atoms with Crippen LogP contribution >= 0.6 is 0 Å². The second-order valence-electron chi connectivity index (χ2n) is 5.89. The van der Waals surface area contributed by atoms with Crippen molar-refractivity contribution in [3.8, 4) is 0 Å². The molecule has 0 unspecified atom stereocenters. The van der Waals surface area contributed by atoms with E-state index in [4.69, 9.17) is 0 Å². The average molecular weight is 238 g/mol. The third-order valence-corrected chi connectivity index (χ3v) is 4.33. The van der Waals surface area contributed by atoms with Crippen LogP contribution in [-0.4, -0.2) is 36.0 Å².